The van der Waals surface area contributed by atoms with Crippen LogP contribution >= 0.6 is 0 Å². The number of nitrogens with zero attached hydrogens (tertiary/aromatic N) is 3. The van der Waals surface area contributed by atoms with E-state index in [0.717, 1.165) is 51.2 Å². The van der Waals surface area contributed by atoms with E-state index in [9.17, 15) is 4.79 Å². The number of amides is 1. The number of hydrogen-bond acceptors (Lipinski definition) is 4. The minimum atomic E-state index is 0.212. The molecule has 1 saturated carbocycles. The summed E-state index contributed by atoms with van der Waals surface area (Å²) in [5.74, 6) is 2.29. The average Bonchev–Trinajstić information content (AvgIpc) is 2.60. The van der Waals surface area contributed by atoms with Crippen molar-refractivity contribution >= 4 is 5.91 Å². The molecule has 2 saturated heterocycles. The van der Waals surface area contributed by atoms with E-state index < -0.39 is 0 Å². The molecule has 0 N–H and O–H groups in total. The smallest absolute Gasteiger partial charge is 0.228 e. The van der Waals surface area contributed by atoms with Gasteiger partial charge >= 0.3 is 0 Å². The van der Waals surface area contributed by atoms with Crippen LogP contribution in [0, 0.1) is 17.8 Å². The van der Waals surface area contributed by atoms with Gasteiger partial charge in [0, 0.05) is 51.9 Å². The molecule has 3 fully saturated rings. The molecule has 3 aliphatic rings. The van der Waals surface area contributed by atoms with Gasteiger partial charge in [-0.3, -0.25) is 14.6 Å². The van der Waals surface area contributed by atoms with Crippen LogP contribution in [0.4, 0.5) is 0 Å². The summed E-state index contributed by atoms with van der Waals surface area (Å²) in [7, 11) is 1.79. The third kappa shape index (κ3) is 4.86. The van der Waals surface area contributed by atoms with Gasteiger partial charge in [-0.15, -0.1) is 0 Å². The molecule has 0 radical (unpaired) electrons. The quantitative estimate of drug-likeness (QED) is 0.711. The molecule has 5 nitrogen and oxygen atoms in total. The molecule has 0 aromatic rings. The fourth-order valence-electron chi connectivity index (χ4n) is 5.34. The Kier molecular flexibility index (Phi) is 7.20. The van der Waals surface area contributed by atoms with Crippen molar-refractivity contribution in [1.29, 1.82) is 0 Å². The third-order valence-electron chi connectivity index (χ3n) is 7.34. The highest BCUT2D eigenvalue weighted by Crippen LogP contribution is 2.34. The number of likely N-dealkylation sites (tertiary alicyclic amines) is 1. The average molecular weight is 380 g/mol. The molecule has 0 aromatic heterocycles. The third-order valence-corrected chi connectivity index (χ3v) is 7.34. The van der Waals surface area contributed by atoms with E-state index in [-0.39, 0.29) is 5.92 Å². The summed E-state index contributed by atoms with van der Waals surface area (Å²) in [6, 6.07) is 1.58. The first-order valence-corrected chi connectivity index (χ1v) is 11.2. The predicted octanol–water partition coefficient (Wildman–Crippen LogP) is 2.70. The van der Waals surface area contributed by atoms with Crippen LogP contribution in [0.2, 0.25) is 0 Å². The Morgan fingerprint density at radius 1 is 1.00 bits per heavy atom. The fraction of sp³-hybridized carbons (Fsp3) is 0.955. The van der Waals surface area contributed by atoms with Gasteiger partial charge in [0.05, 0.1) is 18.6 Å². The summed E-state index contributed by atoms with van der Waals surface area (Å²) < 4.78 is 5.55. The van der Waals surface area contributed by atoms with Crippen molar-refractivity contribution in [2.45, 2.75) is 71.5 Å². The highest BCUT2D eigenvalue weighted by atomic mass is 16.5. The van der Waals surface area contributed by atoms with Gasteiger partial charge in [-0.05, 0) is 51.4 Å². The second-order valence-corrected chi connectivity index (χ2v) is 9.69. The van der Waals surface area contributed by atoms with Crippen LogP contribution in [0.1, 0.15) is 53.4 Å². The molecule has 0 bridgehead atoms. The van der Waals surface area contributed by atoms with Gasteiger partial charge < -0.3 is 9.64 Å². The van der Waals surface area contributed by atoms with Gasteiger partial charge in [0.2, 0.25) is 5.91 Å². The maximum Gasteiger partial charge on any atom is 0.228 e. The lowest BCUT2D eigenvalue weighted by atomic mass is 9.79. The van der Waals surface area contributed by atoms with Crippen molar-refractivity contribution in [3.63, 3.8) is 0 Å². The molecule has 1 atom stereocenters. The first-order chi connectivity index (χ1) is 12.9. The Labute approximate surface area is 166 Å². The van der Waals surface area contributed by atoms with E-state index in [0.29, 0.717) is 24.0 Å². The number of hydrogen-bond donors (Lipinski definition) is 0. The number of carbonyl (C=O) groups excluding carboxylic acids is 1. The maximum absolute atomic E-state index is 12.9. The lowest BCUT2D eigenvalue weighted by molar-refractivity contribution is -0.146. The Hall–Kier alpha value is -0.650. The second-order valence-electron chi connectivity index (χ2n) is 9.69. The predicted molar refractivity (Wildman–Crippen MR) is 110 cm³/mol. The molecular weight excluding hydrogens is 338 g/mol. The lowest BCUT2D eigenvalue weighted by Gasteiger charge is -2.49. The largest absolute Gasteiger partial charge is 0.383 e. The molecule has 5 heteroatoms. The first kappa shape index (κ1) is 21.1. The van der Waals surface area contributed by atoms with Crippen molar-refractivity contribution in [2.24, 2.45) is 17.8 Å². The molecule has 2 heterocycles. The van der Waals surface area contributed by atoms with Crippen LogP contribution in [-0.4, -0.2) is 85.2 Å². The number of piperazine rings is 1. The van der Waals surface area contributed by atoms with E-state index >= 15 is 0 Å². The van der Waals surface area contributed by atoms with Crippen molar-refractivity contribution in [2.75, 3.05) is 46.4 Å². The van der Waals surface area contributed by atoms with Crippen LogP contribution in [0.25, 0.3) is 0 Å². The van der Waals surface area contributed by atoms with Crippen LogP contribution in [-0.2, 0) is 9.53 Å². The van der Waals surface area contributed by atoms with E-state index in [4.69, 9.17) is 4.74 Å². The molecule has 0 spiro atoms. The minimum absolute atomic E-state index is 0.212. The highest BCUT2D eigenvalue weighted by molar-refractivity contribution is 5.80. The van der Waals surface area contributed by atoms with Crippen LogP contribution in [0.5, 0.6) is 0 Å². The van der Waals surface area contributed by atoms with Crippen LogP contribution < -0.4 is 0 Å². The lowest BCUT2D eigenvalue weighted by Crippen LogP contribution is -2.63. The molecule has 1 aliphatic carbocycles. The topological polar surface area (TPSA) is 36.0 Å². The molecule has 0 unspecified atom stereocenters. The van der Waals surface area contributed by atoms with Crippen molar-refractivity contribution in [3.8, 4) is 0 Å². The van der Waals surface area contributed by atoms with E-state index in [2.05, 4.69) is 42.4 Å². The Bertz CT molecular complexity index is 482. The Morgan fingerprint density at radius 2 is 1.67 bits per heavy atom. The zero-order chi connectivity index (χ0) is 19.6. The highest BCUT2D eigenvalue weighted by Gasteiger charge is 2.40. The summed E-state index contributed by atoms with van der Waals surface area (Å²) in [4.78, 5) is 20.1. The van der Waals surface area contributed by atoms with Crippen LogP contribution in [0.15, 0.2) is 0 Å². The van der Waals surface area contributed by atoms with Crippen molar-refractivity contribution in [3.05, 3.63) is 0 Å². The Morgan fingerprint density at radius 3 is 2.22 bits per heavy atom. The second kappa shape index (κ2) is 9.23. The molecular formula is C22H41N3O2. The first-order valence-electron chi connectivity index (χ1n) is 11.2. The number of carbonyl (C=O) groups is 1. The molecule has 2 aliphatic heterocycles. The van der Waals surface area contributed by atoms with Gasteiger partial charge in [0.15, 0.2) is 0 Å². The fourth-order valence-corrected chi connectivity index (χ4v) is 5.34. The monoisotopic (exact) mass is 379 g/mol. The zero-order valence-corrected chi connectivity index (χ0v) is 18.2. The Balaban J connectivity index is 1.53. The van der Waals surface area contributed by atoms with Gasteiger partial charge in [-0.25, -0.2) is 0 Å². The number of methoxy groups -OCH3 is 1. The molecule has 27 heavy (non-hydrogen) atoms. The van der Waals surface area contributed by atoms with Crippen molar-refractivity contribution < 1.29 is 9.53 Å². The van der Waals surface area contributed by atoms with E-state index in [1.165, 1.54) is 25.7 Å². The summed E-state index contributed by atoms with van der Waals surface area (Å²) in [5.41, 5.74) is 0. The summed E-state index contributed by atoms with van der Waals surface area (Å²) in [6.45, 7) is 14.5. The van der Waals surface area contributed by atoms with Gasteiger partial charge in [0.25, 0.3) is 0 Å². The standard InChI is InChI=1S/C22H41N3O2/c1-16(2)18-6-8-20(9-7-18)25-11-10-23(14-21(25)15-27-5)22(26)19-12-24(13-19)17(3)4/h16-21H,6-15H2,1-5H3/t18?,20?,21-/m0/s1. The maximum atomic E-state index is 12.9. The summed E-state index contributed by atoms with van der Waals surface area (Å²) in [6.07, 6.45) is 5.33. The number of rotatable bonds is 6. The summed E-state index contributed by atoms with van der Waals surface area (Å²) in [5, 5.41) is 0. The number of ether oxygens (including phenoxy) is 1. The van der Waals surface area contributed by atoms with Crippen LogP contribution in [0.3, 0.4) is 0 Å². The normalized spacial score (nSPS) is 31.5. The van der Waals surface area contributed by atoms with Gasteiger partial charge in [-0.2, -0.15) is 0 Å². The van der Waals surface area contributed by atoms with Gasteiger partial charge in [0.1, 0.15) is 0 Å². The van der Waals surface area contributed by atoms with Crippen molar-refractivity contribution in [1.82, 2.24) is 14.7 Å². The molecule has 3 rings (SSSR count). The van der Waals surface area contributed by atoms with E-state index in [1.54, 1.807) is 7.11 Å². The summed E-state index contributed by atoms with van der Waals surface area (Å²) >= 11 is 0. The molecule has 156 valence electrons. The van der Waals surface area contributed by atoms with Gasteiger partial charge in [-0.1, -0.05) is 13.8 Å². The molecule has 1 amide bonds. The molecule has 0 aromatic carbocycles. The SMILES string of the molecule is COC[C@@H]1CN(C(=O)C2CN(C(C)C)C2)CCN1C1CCC(C(C)C)CC1. The minimum Gasteiger partial charge on any atom is -0.383 e. The van der Waals surface area contributed by atoms with E-state index in [1.807, 2.05) is 0 Å². The zero-order valence-electron chi connectivity index (χ0n) is 18.2.